The molecule has 2 aliphatic carbocycles. The van der Waals surface area contributed by atoms with Gasteiger partial charge in [-0.3, -0.25) is 4.98 Å². The SMILES string of the molecule is Cc1cccc(C[C@@]2(O)[C@@H]([C@H]3COC4(CCCCC4)O3)O[C@@H]3OC4(CCCCC4)O[C@@H]32)n1. The van der Waals surface area contributed by atoms with E-state index in [1.54, 1.807) is 0 Å². The Morgan fingerprint density at radius 1 is 0.906 bits per heavy atom. The number of fused-ring (bicyclic) bond motifs is 1. The Morgan fingerprint density at radius 2 is 1.62 bits per heavy atom. The van der Waals surface area contributed by atoms with E-state index in [4.69, 9.17) is 23.7 Å². The van der Waals surface area contributed by atoms with Crippen LogP contribution in [0.3, 0.4) is 0 Å². The summed E-state index contributed by atoms with van der Waals surface area (Å²) in [4.78, 5) is 4.66. The lowest BCUT2D eigenvalue weighted by Gasteiger charge is -2.39. The van der Waals surface area contributed by atoms with Gasteiger partial charge in [-0.1, -0.05) is 18.9 Å². The zero-order valence-corrected chi connectivity index (χ0v) is 19.0. The highest BCUT2D eigenvalue weighted by atomic mass is 16.8. The van der Waals surface area contributed by atoms with Crippen LogP contribution in [-0.2, 0) is 30.1 Å². The van der Waals surface area contributed by atoms with Crippen molar-refractivity contribution in [2.24, 2.45) is 0 Å². The van der Waals surface area contributed by atoms with Crippen LogP contribution in [0.15, 0.2) is 18.2 Å². The third kappa shape index (κ3) is 3.62. The molecule has 7 nitrogen and oxygen atoms in total. The number of aliphatic hydroxyl groups is 1. The summed E-state index contributed by atoms with van der Waals surface area (Å²) in [6.07, 6.45) is 8.47. The number of hydrogen-bond donors (Lipinski definition) is 1. The van der Waals surface area contributed by atoms with Crippen LogP contribution >= 0.6 is 0 Å². The van der Waals surface area contributed by atoms with Crippen molar-refractivity contribution in [3.8, 4) is 0 Å². The summed E-state index contributed by atoms with van der Waals surface area (Å²) < 4.78 is 32.0. The minimum absolute atomic E-state index is 0.326. The molecule has 176 valence electrons. The molecule has 5 aliphatic rings. The van der Waals surface area contributed by atoms with Gasteiger partial charge in [0.2, 0.25) is 0 Å². The van der Waals surface area contributed by atoms with Crippen molar-refractivity contribution in [2.75, 3.05) is 6.61 Å². The Hall–Kier alpha value is -1.09. The topological polar surface area (TPSA) is 79.3 Å². The summed E-state index contributed by atoms with van der Waals surface area (Å²) in [5.41, 5.74) is 0.439. The normalized spacial score (nSPS) is 40.2. The van der Waals surface area contributed by atoms with E-state index >= 15 is 0 Å². The van der Waals surface area contributed by atoms with Crippen LogP contribution in [0.25, 0.3) is 0 Å². The van der Waals surface area contributed by atoms with Gasteiger partial charge in [-0.15, -0.1) is 0 Å². The molecule has 0 unspecified atom stereocenters. The minimum atomic E-state index is -1.30. The Kier molecular flexibility index (Phi) is 5.36. The third-order valence-electron chi connectivity index (χ3n) is 8.04. The van der Waals surface area contributed by atoms with Crippen LogP contribution < -0.4 is 0 Å². The Labute approximate surface area is 189 Å². The lowest BCUT2D eigenvalue weighted by molar-refractivity contribution is -0.272. The van der Waals surface area contributed by atoms with Crippen molar-refractivity contribution in [2.45, 2.75) is 119 Å². The molecule has 3 aliphatic heterocycles. The highest BCUT2D eigenvalue weighted by molar-refractivity contribution is 5.18. The number of hydrogen-bond acceptors (Lipinski definition) is 7. The first kappa shape index (κ1) is 21.4. The maximum Gasteiger partial charge on any atom is 0.190 e. The van der Waals surface area contributed by atoms with Crippen molar-refractivity contribution in [1.82, 2.24) is 4.98 Å². The second kappa shape index (κ2) is 8.00. The van der Waals surface area contributed by atoms with Crippen LogP contribution in [0.2, 0.25) is 0 Å². The average molecular weight is 446 g/mol. The van der Waals surface area contributed by atoms with Gasteiger partial charge in [-0.25, -0.2) is 0 Å². The minimum Gasteiger partial charge on any atom is -0.384 e. The first-order chi connectivity index (χ1) is 15.5. The zero-order chi connectivity index (χ0) is 21.8. The monoisotopic (exact) mass is 445 g/mol. The Balaban J connectivity index is 1.28. The van der Waals surface area contributed by atoms with Crippen molar-refractivity contribution < 1.29 is 28.8 Å². The first-order valence-corrected chi connectivity index (χ1v) is 12.5. The molecule has 0 amide bonds. The summed E-state index contributed by atoms with van der Waals surface area (Å²) in [6, 6.07) is 5.90. The molecular formula is C25H35NO6. The van der Waals surface area contributed by atoms with Gasteiger partial charge >= 0.3 is 0 Å². The molecule has 0 radical (unpaired) electrons. The highest BCUT2D eigenvalue weighted by Gasteiger charge is 2.67. The van der Waals surface area contributed by atoms with Gasteiger partial charge in [-0.2, -0.15) is 0 Å². The van der Waals surface area contributed by atoms with Gasteiger partial charge in [0.05, 0.1) is 6.61 Å². The van der Waals surface area contributed by atoms with Crippen molar-refractivity contribution >= 4 is 0 Å². The van der Waals surface area contributed by atoms with E-state index in [-0.39, 0.29) is 6.10 Å². The summed E-state index contributed by atoms with van der Waals surface area (Å²) >= 11 is 0. The molecule has 5 fully saturated rings. The van der Waals surface area contributed by atoms with Gasteiger partial charge in [0.15, 0.2) is 17.9 Å². The molecular weight excluding hydrogens is 410 g/mol. The molecule has 3 saturated heterocycles. The first-order valence-electron chi connectivity index (χ1n) is 12.5. The molecule has 4 heterocycles. The van der Waals surface area contributed by atoms with E-state index in [2.05, 4.69) is 4.98 Å². The number of rotatable bonds is 3. The van der Waals surface area contributed by atoms with Gasteiger partial charge in [-0.05, 0) is 44.7 Å². The molecule has 0 bridgehead atoms. The smallest absolute Gasteiger partial charge is 0.190 e. The van der Waals surface area contributed by atoms with Crippen LogP contribution in [0, 0.1) is 6.92 Å². The molecule has 2 spiro atoms. The zero-order valence-electron chi connectivity index (χ0n) is 19.0. The molecule has 2 saturated carbocycles. The van der Waals surface area contributed by atoms with E-state index in [0.29, 0.717) is 13.0 Å². The van der Waals surface area contributed by atoms with Gasteiger partial charge in [0, 0.05) is 43.5 Å². The van der Waals surface area contributed by atoms with Crippen molar-refractivity contribution in [3.63, 3.8) is 0 Å². The Morgan fingerprint density at radius 3 is 2.34 bits per heavy atom. The summed E-state index contributed by atoms with van der Waals surface area (Å²) in [5, 5.41) is 12.2. The molecule has 7 heteroatoms. The fourth-order valence-corrected chi connectivity index (χ4v) is 6.45. The van der Waals surface area contributed by atoms with Crippen molar-refractivity contribution in [1.29, 1.82) is 0 Å². The summed E-state index contributed by atoms with van der Waals surface area (Å²) in [5.74, 6) is -1.16. The Bertz CT molecular complexity index is 835. The van der Waals surface area contributed by atoms with Gasteiger partial charge in [0.25, 0.3) is 0 Å². The quantitative estimate of drug-likeness (QED) is 0.762. The summed E-state index contributed by atoms with van der Waals surface area (Å²) in [7, 11) is 0. The van der Waals surface area contributed by atoms with Gasteiger partial charge in [0.1, 0.15) is 23.9 Å². The van der Waals surface area contributed by atoms with Gasteiger partial charge < -0.3 is 28.8 Å². The number of nitrogens with zero attached hydrogens (tertiary/aromatic N) is 1. The molecule has 6 rings (SSSR count). The molecule has 1 N–H and O–H groups in total. The standard InChI is InChI=1S/C25H35NO6/c1-17-9-8-10-18(26-17)15-25(27)20(19-16-28-23(30-19)11-4-2-5-12-23)29-22-21(25)31-24(32-22)13-6-3-7-14-24/h8-10,19-22,27H,2-7,11-16H2,1H3/t19-,20-,21+,22-,25-/m1/s1. The number of aryl methyl sites for hydroxylation is 1. The molecule has 5 atom stereocenters. The second-order valence-corrected chi connectivity index (χ2v) is 10.4. The predicted octanol–water partition coefficient (Wildman–Crippen LogP) is 3.54. The fourth-order valence-electron chi connectivity index (χ4n) is 6.45. The van der Waals surface area contributed by atoms with E-state index in [1.807, 2.05) is 25.1 Å². The summed E-state index contributed by atoms with van der Waals surface area (Å²) in [6.45, 7) is 2.38. The van der Waals surface area contributed by atoms with Crippen LogP contribution in [0.4, 0.5) is 0 Å². The van der Waals surface area contributed by atoms with E-state index in [1.165, 1.54) is 12.8 Å². The average Bonchev–Trinajstić information content (AvgIpc) is 3.41. The van der Waals surface area contributed by atoms with E-state index in [9.17, 15) is 5.11 Å². The molecule has 1 aromatic rings. The van der Waals surface area contributed by atoms with E-state index < -0.39 is 35.7 Å². The van der Waals surface area contributed by atoms with E-state index in [0.717, 1.165) is 62.8 Å². The maximum atomic E-state index is 12.2. The van der Waals surface area contributed by atoms with Crippen LogP contribution in [0.5, 0.6) is 0 Å². The molecule has 0 aromatic carbocycles. The third-order valence-corrected chi connectivity index (χ3v) is 8.04. The number of ether oxygens (including phenoxy) is 5. The maximum absolute atomic E-state index is 12.2. The second-order valence-electron chi connectivity index (χ2n) is 10.4. The number of pyridine rings is 1. The van der Waals surface area contributed by atoms with Crippen LogP contribution in [0.1, 0.15) is 75.6 Å². The fraction of sp³-hybridized carbons (Fsp3) is 0.800. The highest BCUT2D eigenvalue weighted by Crippen LogP contribution is 2.51. The lowest BCUT2D eigenvalue weighted by atomic mass is 9.84. The van der Waals surface area contributed by atoms with Crippen LogP contribution in [-0.4, -0.2) is 58.5 Å². The van der Waals surface area contributed by atoms with Crippen molar-refractivity contribution in [3.05, 3.63) is 29.6 Å². The lowest BCUT2D eigenvalue weighted by Crippen LogP contribution is -2.56. The molecule has 32 heavy (non-hydrogen) atoms. The molecule has 1 aromatic heterocycles. The predicted molar refractivity (Wildman–Crippen MR) is 115 cm³/mol. The largest absolute Gasteiger partial charge is 0.384 e. The number of aromatic nitrogens is 1.